The van der Waals surface area contributed by atoms with Gasteiger partial charge < -0.3 is 14.2 Å². The minimum atomic E-state index is 0.712. The lowest BCUT2D eigenvalue weighted by Crippen LogP contribution is -2.03. The maximum Gasteiger partial charge on any atom is 0.127 e. The third-order valence-corrected chi connectivity index (χ3v) is 8.08. The summed E-state index contributed by atoms with van der Waals surface area (Å²) in [6.45, 7) is 5.94. The Labute approximate surface area is 269 Å². The molecule has 3 aromatic carbocycles. The van der Waals surface area contributed by atoms with E-state index < -0.39 is 0 Å². The van der Waals surface area contributed by atoms with Gasteiger partial charge in [-0.3, -0.25) is 0 Å². The van der Waals surface area contributed by atoms with Crippen LogP contribution >= 0.6 is 15.9 Å². The second kappa shape index (κ2) is 20.8. The number of benzene rings is 3. The van der Waals surface area contributed by atoms with E-state index in [0.29, 0.717) is 13.2 Å². The van der Waals surface area contributed by atoms with Crippen LogP contribution < -0.4 is 14.2 Å². The summed E-state index contributed by atoms with van der Waals surface area (Å²) < 4.78 is 19.3. The van der Waals surface area contributed by atoms with Gasteiger partial charge in [0.1, 0.15) is 17.2 Å². The molecule has 0 amide bonds. The quantitative estimate of drug-likeness (QED) is 0.0851. The van der Waals surface area contributed by atoms with Crippen LogP contribution in [0, 0.1) is 0 Å². The molecule has 0 aliphatic rings. The third kappa shape index (κ3) is 13.5. The molecule has 0 aromatic heterocycles. The lowest BCUT2D eigenvalue weighted by atomic mass is 10.0. The highest BCUT2D eigenvalue weighted by molar-refractivity contribution is 9.10. The van der Waals surface area contributed by atoms with E-state index in [9.17, 15) is 0 Å². The Morgan fingerprint density at radius 3 is 1.40 bits per heavy atom. The number of rotatable bonds is 21. The summed E-state index contributed by atoms with van der Waals surface area (Å²) in [5, 5.41) is 0. The predicted molar refractivity (Wildman–Crippen MR) is 189 cm³/mol. The Bertz CT molecular complexity index is 1230. The van der Waals surface area contributed by atoms with Crippen molar-refractivity contribution >= 4 is 40.2 Å². The molecule has 43 heavy (non-hydrogen) atoms. The van der Waals surface area contributed by atoms with Crippen molar-refractivity contribution in [3.05, 3.63) is 87.4 Å². The SMILES string of the molecule is CCCCCCCCOc1cc(/C=C/c2ccc(OC)cc2)c(OCCCCCCCC)cc1/C=C/c1ccc(Br)cc1. The second-order valence-corrected chi connectivity index (χ2v) is 12.1. The van der Waals surface area contributed by atoms with E-state index in [1.54, 1.807) is 7.11 Å². The minimum absolute atomic E-state index is 0.712. The molecule has 3 nitrogen and oxygen atoms in total. The lowest BCUT2D eigenvalue weighted by Gasteiger charge is -2.15. The Kier molecular flexibility index (Phi) is 16.7. The number of hydrogen-bond acceptors (Lipinski definition) is 3. The van der Waals surface area contributed by atoms with E-state index in [-0.39, 0.29) is 0 Å². The van der Waals surface area contributed by atoms with E-state index >= 15 is 0 Å². The molecule has 0 spiro atoms. The molecule has 3 aromatic rings. The van der Waals surface area contributed by atoms with E-state index in [1.807, 2.05) is 12.1 Å². The van der Waals surface area contributed by atoms with Gasteiger partial charge in [-0.1, -0.05) is 143 Å². The van der Waals surface area contributed by atoms with E-state index in [1.165, 1.54) is 64.2 Å². The lowest BCUT2D eigenvalue weighted by molar-refractivity contribution is 0.295. The molecular formula is C39H51BrO3. The zero-order chi connectivity index (χ0) is 30.5. The van der Waals surface area contributed by atoms with Gasteiger partial charge >= 0.3 is 0 Å². The van der Waals surface area contributed by atoms with Crippen LogP contribution in [0.1, 0.15) is 113 Å². The Balaban J connectivity index is 1.84. The van der Waals surface area contributed by atoms with Crippen molar-refractivity contribution in [1.29, 1.82) is 0 Å². The zero-order valence-corrected chi connectivity index (χ0v) is 28.2. The first-order valence-corrected chi connectivity index (χ1v) is 17.1. The van der Waals surface area contributed by atoms with Crippen molar-refractivity contribution < 1.29 is 14.2 Å². The van der Waals surface area contributed by atoms with Crippen LogP contribution in [0.5, 0.6) is 17.2 Å². The van der Waals surface area contributed by atoms with Crippen molar-refractivity contribution in [3.63, 3.8) is 0 Å². The fraction of sp³-hybridized carbons (Fsp3) is 0.436. The molecule has 0 heterocycles. The molecule has 0 unspecified atom stereocenters. The van der Waals surface area contributed by atoms with Crippen LogP contribution in [0.15, 0.2) is 65.1 Å². The van der Waals surface area contributed by atoms with Crippen LogP contribution in [0.4, 0.5) is 0 Å². The maximum absolute atomic E-state index is 6.45. The highest BCUT2D eigenvalue weighted by atomic mass is 79.9. The first-order valence-electron chi connectivity index (χ1n) is 16.3. The van der Waals surface area contributed by atoms with Gasteiger partial charge in [-0.25, -0.2) is 0 Å². The summed E-state index contributed by atoms with van der Waals surface area (Å²) in [6, 6.07) is 20.8. The summed E-state index contributed by atoms with van der Waals surface area (Å²) in [5.41, 5.74) is 4.31. The topological polar surface area (TPSA) is 27.7 Å². The van der Waals surface area contributed by atoms with Crippen molar-refractivity contribution in [1.82, 2.24) is 0 Å². The summed E-state index contributed by atoms with van der Waals surface area (Å²) in [7, 11) is 1.69. The molecule has 0 atom stereocenters. The standard InChI is InChI=1S/C39H51BrO3/c1-4-6-8-10-12-14-28-42-38-31-35(23-17-33-20-26-37(41-3)27-21-33)39(43-29-15-13-11-9-7-5-2)30-34(38)22-16-32-18-24-36(40)25-19-32/h16-27,30-31H,4-15,28-29H2,1-3H3/b22-16+,23-17+. The third-order valence-electron chi connectivity index (χ3n) is 7.55. The van der Waals surface area contributed by atoms with Crippen molar-refractivity contribution in [2.24, 2.45) is 0 Å². The Hall–Kier alpha value is -2.98. The van der Waals surface area contributed by atoms with Gasteiger partial charge in [-0.05, 0) is 60.4 Å². The average molecular weight is 648 g/mol. The van der Waals surface area contributed by atoms with Crippen LogP contribution in [-0.2, 0) is 0 Å². The highest BCUT2D eigenvalue weighted by Crippen LogP contribution is 2.33. The average Bonchev–Trinajstić information content (AvgIpc) is 3.03. The highest BCUT2D eigenvalue weighted by Gasteiger charge is 2.11. The smallest absolute Gasteiger partial charge is 0.127 e. The maximum atomic E-state index is 6.45. The molecule has 0 N–H and O–H groups in total. The molecule has 232 valence electrons. The predicted octanol–water partition coefficient (Wildman–Crippen LogP) is 12.3. The van der Waals surface area contributed by atoms with E-state index in [0.717, 1.165) is 56.8 Å². The van der Waals surface area contributed by atoms with Crippen LogP contribution in [0.25, 0.3) is 24.3 Å². The normalized spacial score (nSPS) is 11.4. The first-order chi connectivity index (χ1) is 21.1. The van der Waals surface area contributed by atoms with Crippen LogP contribution in [0.2, 0.25) is 0 Å². The van der Waals surface area contributed by atoms with Gasteiger partial charge in [-0.15, -0.1) is 0 Å². The van der Waals surface area contributed by atoms with Crippen LogP contribution in [0.3, 0.4) is 0 Å². The molecule has 0 aliphatic heterocycles. The molecule has 4 heteroatoms. The number of methoxy groups -OCH3 is 1. The van der Waals surface area contributed by atoms with Gasteiger partial charge in [0.2, 0.25) is 0 Å². The molecular weight excluding hydrogens is 596 g/mol. The van der Waals surface area contributed by atoms with Gasteiger partial charge in [0.15, 0.2) is 0 Å². The largest absolute Gasteiger partial charge is 0.497 e. The number of hydrogen-bond donors (Lipinski definition) is 0. The van der Waals surface area contributed by atoms with Gasteiger partial charge in [0.25, 0.3) is 0 Å². The van der Waals surface area contributed by atoms with Gasteiger partial charge in [-0.2, -0.15) is 0 Å². The fourth-order valence-electron chi connectivity index (χ4n) is 4.89. The molecule has 3 rings (SSSR count). The van der Waals surface area contributed by atoms with Crippen molar-refractivity contribution in [2.45, 2.75) is 90.9 Å². The number of halogens is 1. The van der Waals surface area contributed by atoms with Gasteiger partial charge in [0.05, 0.1) is 20.3 Å². The van der Waals surface area contributed by atoms with Crippen LogP contribution in [-0.4, -0.2) is 20.3 Å². The summed E-state index contributed by atoms with van der Waals surface area (Å²) in [4.78, 5) is 0. The molecule has 0 saturated carbocycles. The first kappa shape index (κ1) is 34.5. The monoisotopic (exact) mass is 646 g/mol. The molecule has 0 radical (unpaired) electrons. The summed E-state index contributed by atoms with van der Waals surface area (Å²) >= 11 is 3.54. The van der Waals surface area contributed by atoms with Crippen molar-refractivity contribution in [3.8, 4) is 17.2 Å². The van der Waals surface area contributed by atoms with E-state index in [2.05, 4.69) is 103 Å². The minimum Gasteiger partial charge on any atom is -0.497 e. The molecule has 0 fully saturated rings. The Morgan fingerprint density at radius 1 is 0.535 bits per heavy atom. The number of ether oxygens (including phenoxy) is 3. The van der Waals surface area contributed by atoms with Crippen molar-refractivity contribution in [2.75, 3.05) is 20.3 Å². The molecule has 0 saturated heterocycles. The fourth-order valence-corrected chi connectivity index (χ4v) is 5.16. The Morgan fingerprint density at radius 2 is 0.953 bits per heavy atom. The number of unbranched alkanes of at least 4 members (excludes halogenated alkanes) is 10. The molecule has 0 aliphatic carbocycles. The molecule has 0 bridgehead atoms. The summed E-state index contributed by atoms with van der Waals surface area (Å²) in [6.07, 6.45) is 23.4. The second-order valence-electron chi connectivity index (χ2n) is 11.2. The van der Waals surface area contributed by atoms with E-state index in [4.69, 9.17) is 14.2 Å². The summed E-state index contributed by atoms with van der Waals surface area (Å²) in [5.74, 6) is 2.64. The zero-order valence-electron chi connectivity index (χ0n) is 26.6. The van der Waals surface area contributed by atoms with Gasteiger partial charge in [0, 0.05) is 15.6 Å².